The fraction of sp³-hybridized carbons (Fsp3) is 0.278. The van der Waals surface area contributed by atoms with Crippen LogP contribution in [0.4, 0.5) is 0 Å². The summed E-state index contributed by atoms with van der Waals surface area (Å²) in [5.74, 6) is 0.663. The number of nitrogens with zero attached hydrogens (tertiary/aromatic N) is 2. The summed E-state index contributed by atoms with van der Waals surface area (Å²) in [5.41, 5.74) is 2.44. The summed E-state index contributed by atoms with van der Waals surface area (Å²) < 4.78 is 11.0. The van der Waals surface area contributed by atoms with Crippen LogP contribution in [0.2, 0.25) is 0 Å². The Morgan fingerprint density at radius 2 is 2.12 bits per heavy atom. The van der Waals surface area contributed by atoms with Gasteiger partial charge in [0.05, 0.1) is 10.6 Å². The summed E-state index contributed by atoms with van der Waals surface area (Å²) in [4.78, 5) is 14.0. The molecule has 130 valence electrons. The van der Waals surface area contributed by atoms with E-state index in [1.54, 1.807) is 6.92 Å². The monoisotopic (exact) mass is 374 g/mol. The number of benzene rings is 1. The molecule has 0 saturated heterocycles. The predicted molar refractivity (Wildman–Crippen MR) is 98.8 cm³/mol. The third kappa shape index (κ3) is 4.49. The van der Waals surface area contributed by atoms with E-state index in [2.05, 4.69) is 36.2 Å². The van der Waals surface area contributed by atoms with Crippen molar-refractivity contribution in [1.29, 1.82) is 0 Å². The van der Waals surface area contributed by atoms with Gasteiger partial charge in [0.1, 0.15) is 0 Å². The van der Waals surface area contributed by atoms with Crippen molar-refractivity contribution in [3.05, 3.63) is 52.7 Å². The van der Waals surface area contributed by atoms with Gasteiger partial charge in [-0.1, -0.05) is 12.1 Å². The third-order valence-corrected chi connectivity index (χ3v) is 5.49. The van der Waals surface area contributed by atoms with Crippen molar-refractivity contribution in [3.8, 4) is 10.8 Å². The highest BCUT2D eigenvalue weighted by Crippen LogP contribution is 2.26. The molecule has 5 nitrogen and oxygen atoms in total. The Morgan fingerprint density at radius 1 is 1.28 bits per heavy atom. The van der Waals surface area contributed by atoms with Crippen LogP contribution in [-0.2, 0) is 9.53 Å². The molecule has 1 aromatic carbocycles. The molecule has 0 spiro atoms. The molecule has 0 saturated carbocycles. The molecule has 0 aliphatic rings. The maximum Gasteiger partial charge on any atom is 0.317 e. The summed E-state index contributed by atoms with van der Waals surface area (Å²) in [6, 6.07) is 9.95. The maximum absolute atomic E-state index is 12.1. The number of carbonyl (C=O) groups is 1. The topological polar surface area (TPSA) is 65.2 Å². The van der Waals surface area contributed by atoms with E-state index >= 15 is 0 Å². The number of esters is 1. The van der Waals surface area contributed by atoms with Crippen LogP contribution in [0.25, 0.3) is 10.8 Å². The molecule has 0 N–H and O–H groups in total. The lowest BCUT2D eigenvalue weighted by Gasteiger charge is -2.09. The number of thioether (sulfide) groups is 1. The zero-order chi connectivity index (χ0) is 17.8. The quantitative estimate of drug-likeness (QED) is 0.456. The van der Waals surface area contributed by atoms with Gasteiger partial charge in [0.25, 0.3) is 11.8 Å². The molecule has 0 bridgehead atoms. The van der Waals surface area contributed by atoms with E-state index in [1.807, 2.05) is 23.6 Å². The number of carbonyl (C=O) groups excluding carboxylic acids is 1. The molecule has 7 heteroatoms. The highest BCUT2D eigenvalue weighted by molar-refractivity contribution is 8.00. The molecule has 0 radical (unpaired) electrons. The third-order valence-electron chi connectivity index (χ3n) is 3.66. The van der Waals surface area contributed by atoms with Crippen molar-refractivity contribution in [2.24, 2.45) is 0 Å². The van der Waals surface area contributed by atoms with E-state index in [0.29, 0.717) is 11.8 Å². The number of rotatable bonds is 6. The summed E-state index contributed by atoms with van der Waals surface area (Å²) in [7, 11) is 0. The minimum Gasteiger partial charge on any atom is -0.452 e. The average Bonchev–Trinajstić information content (AvgIpc) is 3.27. The van der Waals surface area contributed by atoms with Crippen molar-refractivity contribution in [2.45, 2.75) is 31.8 Å². The van der Waals surface area contributed by atoms with Crippen LogP contribution >= 0.6 is 23.1 Å². The molecular formula is C18H18N2O3S2. The molecule has 0 aliphatic carbocycles. The van der Waals surface area contributed by atoms with Gasteiger partial charge in [0.15, 0.2) is 6.10 Å². The van der Waals surface area contributed by atoms with Crippen LogP contribution in [0.5, 0.6) is 0 Å². The fourth-order valence-corrected chi connectivity index (χ4v) is 3.55. The first-order valence-electron chi connectivity index (χ1n) is 7.79. The smallest absolute Gasteiger partial charge is 0.317 e. The Morgan fingerprint density at radius 3 is 2.84 bits per heavy atom. The molecule has 0 aliphatic heterocycles. The normalized spacial score (nSPS) is 12.1. The van der Waals surface area contributed by atoms with Gasteiger partial charge in [-0.15, -0.1) is 33.3 Å². The van der Waals surface area contributed by atoms with Crippen LogP contribution in [-0.4, -0.2) is 21.9 Å². The number of aromatic nitrogens is 2. The van der Waals surface area contributed by atoms with Crippen LogP contribution < -0.4 is 0 Å². The van der Waals surface area contributed by atoms with E-state index in [4.69, 9.17) is 9.15 Å². The highest BCUT2D eigenvalue weighted by Gasteiger charge is 2.19. The number of thiophene rings is 1. The SMILES string of the molecule is Cc1ccc(SCC(=O)O[C@H](C)c2nnc(-c3cccs3)o2)cc1C. The molecule has 0 unspecified atom stereocenters. The van der Waals surface area contributed by atoms with Gasteiger partial charge < -0.3 is 9.15 Å². The Kier molecular flexibility index (Phi) is 5.55. The largest absolute Gasteiger partial charge is 0.452 e. The van der Waals surface area contributed by atoms with Crippen LogP contribution in [0.15, 0.2) is 45.0 Å². The van der Waals surface area contributed by atoms with Gasteiger partial charge in [-0.05, 0) is 55.5 Å². The second kappa shape index (κ2) is 7.84. The first-order valence-corrected chi connectivity index (χ1v) is 9.66. The summed E-state index contributed by atoms with van der Waals surface area (Å²) in [6.45, 7) is 5.85. The van der Waals surface area contributed by atoms with Crippen molar-refractivity contribution in [1.82, 2.24) is 10.2 Å². The first kappa shape index (κ1) is 17.7. The molecule has 0 amide bonds. The lowest BCUT2D eigenvalue weighted by Crippen LogP contribution is -2.11. The number of hydrogen-bond donors (Lipinski definition) is 0. The zero-order valence-electron chi connectivity index (χ0n) is 14.2. The van der Waals surface area contributed by atoms with Crippen molar-refractivity contribution in [2.75, 3.05) is 5.75 Å². The second-order valence-corrected chi connectivity index (χ2v) is 7.59. The Balaban J connectivity index is 1.54. The lowest BCUT2D eigenvalue weighted by molar-refractivity contribution is -0.146. The first-order chi connectivity index (χ1) is 12.0. The lowest BCUT2D eigenvalue weighted by atomic mass is 10.1. The predicted octanol–water partition coefficient (Wildman–Crippen LogP) is 4.81. The minimum atomic E-state index is -0.575. The van der Waals surface area contributed by atoms with Crippen LogP contribution in [0.1, 0.15) is 30.0 Å². The van der Waals surface area contributed by atoms with E-state index in [0.717, 1.165) is 9.77 Å². The molecule has 0 fully saturated rings. The van der Waals surface area contributed by atoms with E-state index < -0.39 is 6.10 Å². The maximum atomic E-state index is 12.1. The standard InChI is InChI=1S/C18H18N2O3S2/c1-11-6-7-14(9-12(11)2)25-10-16(21)22-13(3)17-19-20-18(23-17)15-5-4-8-24-15/h4-9,13H,10H2,1-3H3/t13-/m1/s1. The van der Waals surface area contributed by atoms with Gasteiger partial charge in [-0.25, -0.2) is 0 Å². The van der Waals surface area contributed by atoms with Crippen molar-refractivity contribution in [3.63, 3.8) is 0 Å². The number of ether oxygens (including phenoxy) is 1. The molecule has 25 heavy (non-hydrogen) atoms. The van der Waals surface area contributed by atoms with Gasteiger partial charge in [-0.3, -0.25) is 4.79 Å². The summed E-state index contributed by atoms with van der Waals surface area (Å²) >= 11 is 2.97. The second-order valence-electron chi connectivity index (χ2n) is 5.59. The summed E-state index contributed by atoms with van der Waals surface area (Å²) in [5, 5.41) is 9.90. The fourth-order valence-electron chi connectivity index (χ4n) is 2.13. The van der Waals surface area contributed by atoms with Gasteiger partial charge in [0.2, 0.25) is 0 Å². The minimum absolute atomic E-state index is 0.235. The highest BCUT2D eigenvalue weighted by atomic mass is 32.2. The number of aryl methyl sites for hydroxylation is 2. The molecule has 3 rings (SSSR count). The van der Waals surface area contributed by atoms with E-state index in [9.17, 15) is 4.79 Å². The Bertz CT molecular complexity index is 859. The molecular weight excluding hydrogens is 356 g/mol. The van der Waals surface area contributed by atoms with E-state index in [-0.39, 0.29) is 11.7 Å². The zero-order valence-corrected chi connectivity index (χ0v) is 15.8. The molecule has 3 aromatic rings. The molecule has 2 aromatic heterocycles. The molecule has 2 heterocycles. The molecule has 1 atom stereocenters. The average molecular weight is 374 g/mol. The number of hydrogen-bond acceptors (Lipinski definition) is 7. The Hall–Kier alpha value is -2.12. The van der Waals surface area contributed by atoms with E-state index in [1.165, 1.54) is 34.2 Å². The van der Waals surface area contributed by atoms with Crippen LogP contribution in [0, 0.1) is 13.8 Å². The van der Waals surface area contributed by atoms with Gasteiger partial charge in [-0.2, -0.15) is 0 Å². The Labute approximate surface area is 154 Å². The van der Waals surface area contributed by atoms with Crippen molar-refractivity contribution < 1.29 is 13.9 Å². The summed E-state index contributed by atoms with van der Waals surface area (Å²) in [6.07, 6.45) is -0.575. The van der Waals surface area contributed by atoms with Crippen LogP contribution in [0.3, 0.4) is 0 Å². The van der Waals surface area contributed by atoms with Gasteiger partial charge in [0, 0.05) is 4.90 Å². The van der Waals surface area contributed by atoms with Crippen molar-refractivity contribution >= 4 is 29.1 Å². The van der Waals surface area contributed by atoms with Gasteiger partial charge >= 0.3 is 5.97 Å².